The number of thiazole rings is 1. The molecule has 0 saturated carbocycles. The predicted octanol–water partition coefficient (Wildman–Crippen LogP) is 3.20. The van der Waals surface area contributed by atoms with Crippen LogP contribution >= 0.6 is 11.3 Å². The maximum atomic E-state index is 12.0. The molecule has 7 heteroatoms. The van der Waals surface area contributed by atoms with Crippen LogP contribution < -0.4 is 11.1 Å². The van der Waals surface area contributed by atoms with E-state index >= 15 is 0 Å². The highest BCUT2D eigenvalue weighted by molar-refractivity contribution is 7.14. The summed E-state index contributed by atoms with van der Waals surface area (Å²) in [6.07, 6.45) is 4.87. The van der Waals surface area contributed by atoms with Crippen molar-refractivity contribution >= 4 is 34.4 Å². The fraction of sp³-hybridized carbons (Fsp3) is 0.0556. The summed E-state index contributed by atoms with van der Waals surface area (Å²) in [5.41, 5.74) is 9.02. The molecule has 3 aromatic rings. The topological polar surface area (TPSA) is 101 Å². The van der Waals surface area contributed by atoms with Crippen LogP contribution in [0.25, 0.3) is 17.3 Å². The molecular formula is C18H16N4O2S. The number of primary amides is 1. The van der Waals surface area contributed by atoms with Gasteiger partial charge >= 0.3 is 0 Å². The van der Waals surface area contributed by atoms with Gasteiger partial charge in [-0.25, -0.2) is 4.98 Å². The Hall–Kier alpha value is -3.19. The molecule has 0 spiro atoms. The van der Waals surface area contributed by atoms with Gasteiger partial charge in [-0.3, -0.25) is 14.9 Å². The number of nitrogens with two attached hydrogens (primary N) is 1. The molecule has 0 unspecified atom stereocenters. The van der Waals surface area contributed by atoms with Crippen LogP contribution in [0.15, 0.2) is 48.0 Å². The molecule has 2 heterocycles. The number of aryl methyl sites for hydroxylation is 1. The molecule has 0 atom stereocenters. The summed E-state index contributed by atoms with van der Waals surface area (Å²) in [6.45, 7) is 2.00. The molecule has 0 radical (unpaired) electrons. The molecule has 0 aliphatic rings. The summed E-state index contributed by atoms with van der Waals surface area (Å²) in [5.74, 6) is -0.786. The largest absolute Gasteiger partial charge is 0.364 e. The second kappa shape index (κ2) is 7.14. The van der Waals surface area contributed by atoms with Crippen molar-refractivity contribution in [2.24, 2.45) is 5.73 Å². The standard InChI is InChI=1S/C18H16N4O2S/c1-11-3-2-4-12(7-11)5-6-16(23)22-18-21-15(10-25-18)13-8-14(17(19)24)20-9-13/h2-10,20H,1H3,(H2,19,24)(H,21,22,23)/b6-5+. The first-order valence-corrected chi connectivity index (χ1v) is 8.39. The monoisotopic (exact) mass is 352 g/mol. The Labute approximate surface area is 148 Å². The van der Waals surface area contributed by atoms with Crippen LogP contribution in [0.2, 0.25) is 0 Å². The fourth-order valence-electron chi connectivity index (χ4n) is 2.24. The first kappa shape index (κ1) is 16.7. The first-order chi connectivity index (χ1) is 12.0. The van der Waals surface area contributed by atoms with Gasteiger partial charge in [-0.2, -0.15) is 0 Å². The van der Waals surface area contributed by atoms with E-state index in [4.69, 9.17) is 5.73 Å². The summed E-state index contributed by atoms with van der Waals surface area (Å²) in [4.78, 5) is 30.3. The van der Waals surface area contributed by atoms with Crippen LogP contribution in [-0.2, 0) is 4.79 Å². The van der Waals surface area contributed by atoms with Gasteiger partial charge in [0.1, 0.15) is 5.69 Å². The van der Waals surface area contributed by atoms with Gasteiger partial charge in [0, 0.05) is 23.2 Å². The third kappa shape index (κ3) is 4.21. The molecule has 4 N–H and O–H groups in total. The molecule has 6 nitrogen and oxygen atoms in total. The van der Waals surface area contributed by atoms with Gasteiger partial charge in [0.2, 0.25) is 5.91 Å². The number of hydrogen-bond acceptors (Lipinski definition) is 4. The molecule has 0 fully saturated rings. The molecule has 2 aromatic heterocycles. The lowest BCUT2D eigenvalue weighted by Gasteiger charge is -1.97. The minimum absolute atomic E-state index is 0.255. The first-order valence-electron chi connectivity index (χ1n) is 7.51. The summed E-state index contributed by atoms with van der Waals surface area (Å²) >= 11 is 1.31. The van der Waals surface area contributed by atoms with Crippen molar-refractivity contribution in [3.8, 4) is 11.3 Å². The number of aromatic amines is 1. The van der Waals surface area contributed by atoms with E-state index in [0.29, 0.717) is 16.5 Å². The van der Waals surface area contributed by atoms with Crippen molar-refractivity contribution in [3.63, 3.8) is 0 Å². The highest BCUT2D eigenvalue weighted by Gasteiger charge is 2.10. The predicted molar refractivity (Wildman–Crippen MR) is 99.3 cm³/mol. The molecular weight excluding hydrogens is 336 g/mol. The average molecular weight is 352 g/mol. The van der Waals surface area contributed by atoms with Crippen LogP contribution in [-0.4, -0.2) is 21.8 Å². The van der Waals surface area contributed by atoms with Crippen LogP contribution in [0.3, 0.4) is 0 Å². The Balaban J connectivity index is 1.66. The molecule has 126 valence electrons. The minimum atomic E-state index is -0.531. The second-order valence-electron chi connectivity index (χ2n) is 5.44. The maximum Gasteiger partial charge on any atom is 0.265 e. The van der Waals surface area contributed by atoms with Crippen molar-refractivity contribution in [2.75, 3.05) is 5.32 Å². The number of H-pyrrole nitrogens is 1. The van der Waals surface area contributed by atoms with Crippen molar-refractivity contribution < 1.29 is 9.59 Å². The number of amides is 2. The third-order valence-electron chi connectivity index (χ3n) is 3.45. The number of nitrogens with zero attached hydrogens (tertiary/aromatic N) is 1. The van der Waals surface area contributed by atoms with Gasteiger partial charge in [-0.05, 0) is 24.6 Å². The van der Waals surface area contributed by atoms with E-state index in [9.17, 15) is 9.59 Å². The zero-order valence-corrected chi connectivity index (χ0v) is 14.3. The van der Waals surface area contributed by atoms with Gasteiger partial charge in [0.15, 0.2) is 5.13 Å². The molecule has 0 bridgehead atoms. The summed E-state index contributed by atoms with van der Waals surface area (Å²) < 4.78 is 0. The van der Waals surface area contributed by atoms with E-state index in [2.05, 4.69) is 15.3 Å². The Morgan fingerprint density at radius 1 is 1.32 bits per heavy atom. The Kier molecular flexibility index (Phi) is 4.76. The lowest BCUT2D eigenvalue weighted by atomic mass is 10.1. The van der Waals surface area contributed by atoms with Gasteiger partial charge in [-0.1, -0.05) is 29.8 Å². The summed E-state index contributed by atoms with van der Waals surface area (Å²) in [7, 11) is 0. The normalized spacial score (nSPS) is 10.9. The third-order valence-corrected chi connectivity index (χ3v) is 4.21. The van der Waals surface area contributed by atoms with Crippen molar-refractivity contribution in [3.05, 3.63) is 64.8 Å². The van der Waals surface area contributed by atoms with E-state index < -0.39 is 5.91 Å². The van der Waals surface area contributed by atoms with Gasteiger partial charge in [-0.15, -0.1) is 11.3 Å². The number of anilines is 1. The fourth-order valence-corrected chi connectivity index (χ4v) is 2.96. The Bertz CT molecular complexity index is 955. The van der Waals surface area contributed by atoms with Gasteiger partial charge < -0.3 is 10.7 Å². The van der Waals surface area contributed by atoms with Gasteiger partial charge in [0.05, 0.1) is 5.69 Å². The van der Waals surface area contributed by atoms with Crippen LogP contribution in [0, 0.1) is 6.92 Å². The molecule has 3 rings (SSSR count). The lowest BCUT2D eigenvalue weighted by Crippen LogP contribution is -2.10. The average Bonchev–Trinajstić information content (AvgIpc) is 3.22. The second-order valence-corrected chi connectivity index (χ2v) is 6.30. The van der Waals surface area contributed by atoms with E-state index in [1.807, 2.05) is 31.2 Å². The number of carbonyl (C=O) groups excluding carboxylic acids is 2. The van der Waals surface area contributed by atoms with Crippen LogP contribution in [0.4, 0.5) is 5.13 Å². The quantitative estimate of drug-likeness (QED) is 0.615. The van der Waals surface area contributed by atoms with Crippen molar-refractivity contribution in [1.29, 1.82) is 0 Å². The molecule has 2 amide bonds. The summed E-state index contributed by atoms with van der Waals surface area (Å²) in [6, 6.07) is 9.49. The van der Waals surface area contributed by atoms with E-state index in [1.165, 1.54) is 17.4 Å². The number of nitrogens with one attached hydrogen (secondary N) is 2. The highest BCUT2D eigenvalue weighted by Crippen LogP contribution is 2.25. The smallest absolute Gasteiger partial charge is 0.265 e. The van der Waals surface area contributed by atoms with E-state index in [1.54, 1.807) is 23.7 Å². The summed E-state index contributed by atoms with van der Waals surface area (Å²) in [5, 5.41) is 5.01. The number of benzene rings is 1. The van der Waals surface area contributed by atoms with Gasteiger partial charge in [0.25, 0.3) is 5.91 Å². The molecule has 25 heavy (non-hydrogen) atoms. The van der Waals surface area contributed by atoms with E-state index in [-0.39, 0.29) is 5.91 Å². The Morgan fingerprint density at radius 3 is 2.88 bits per heavy atom. The molecule has 1 aromatic carbocycles. The highest BCUT2D eigenvalue weighted by atomic mass is 32.1. The zero-order chi connectivity index (χ0) is 17.8. The maximum absolute atomic E-state index is 12.0. The van der Waals surface area contributed by atoms with Crippen LogP contribution in [0.1, 0.15) is 21.6 Å². The number of aromatic nitrogens is 2. The lowest BCUT2D eigenvalue weighted by molar-refractivity contribution is -0.111. The number of hydrogen-bond donors (Lipinski definition) is 3. The number of rotatable bonds is 5. The van der Waals surface area contributed by atoms with Crippen LogP contribution in [0.5, 0.6) is 0 Å². The van der Waals surface area contributed by atoms with Crippen molar-refractivity contribution in [1.82, 2.24) is 9.97 Å². The molecule has 0 aliphatic carbocycles. The SMILES string of the molecule is Cc1cccc(/C=C/C(=O)Nc2nc(-c3c[nH]c(C(N)=O)c3)cs2)c1. The molecule has 0 aliphatic heterocycles. The minimum Gasteiger partial charge on any atom is -0.364 e. The zero-order valence-electron chi connectivity index (χ0n) is 13.4. The molecule has 0 saturated heterocycles. The Morgan fingerprint density at radius 2 is 2.16 bits per heavy atom. The van der Waals surface area contributed by atoms with Crippen molar-refractivity contribution in [2.45, 2.75) is 6.92 Å². The van der Waals surface area contributed by atoms with E-state index in [0.717, 1.165) is 16.7 Å². The number of carbonyl (C=O) groups is 2.